The molecule has 1 fully saturated rings. The Morgan fingerprint density at radius 1 is 1.44 bits per heavy atom. The van der Waals surface area contributed by atoms with E-state index in [4.69, 9.17) is 0 Å². The molecule has 0 saturated carbocycles. The minimum absolute atomic E-state index is 0.105. The highest BCUT2D eigenvalue weighted by atomic mass is 19.1. The van der Waals surface area contributed by atoms with Gasteiger partial charge in [0.2, 0.25) is 0 Å². The van der Waals surface area contributed by atoms with Gasteiger partial charge in [0.15, 0.2) is 0 Å². The first-order valence-corrected chi connectivity index (χ1v) is 6.20. The summed E-state index contributed by atoms with van der Waals surface area (Å²) in [6.45, 7) is 5.17. The summed E-state index contributed by atoms with van der Waals surface area (Å²) < 4.78 is 13.2. The first kappa shape index (κ1) is 11.6. The summed E-state index contributed by atoms with van der Waals surface area (Å²) in [5.41, 5.74) is 1.98. The van der Waals surface area contributed by atoms with E-state index in [9.17, 15) is 4.39 Å². The molecule has 2 rings (SSSR count). The summed E-state index contributed by atoms with van der Waals surface area (Å²) in [4.78, 5) is 0. The highest BCUT2D eigenvalue weighted by Crippen LogP contribution is 2.29. The fourth-order valence-electron chi connectivity index (χ4n) is 2.51. The predicted molar refractivity (Wildman–Crippen MR) is 64.9 cm³/mol. The van der Waals surface area contributed by atoms with Gasteiger partial charge >= 0.3 is 0 Å². The van der Waals surface area contributed by atoms with Crippen LogP contribution < -0.4 is 5.32 Å². The first-order valence-electron chi connectivity index (χ1n) is 6.20. The van der Waals surface area contributed by atoms with Gasteiger partial charge in [-0.05, 0) is 49.4 Å². The zero-order valence-electron chi connectivity index (χ0n) is 10.1. The lowest BCUT2D eigenvalue weighted by molar-refractivity contribution is 0.299. The van der Waals surface area contributed by atoms with E-state index >= 15 is 0 Å². The number of halogens is 1. The number of piperidine rings is 1. The molecule has 1 aromatic rings. The molecule has 0 amide bonds. The Balaban J connectivity index is 2.13. The molecule has 1 aliphatic rings. The summed E-state index contributed by atoms with van der Waals surface area (Å²) in [6.07, 6.45) is 3.70. The third-order valence-corrected chi connectivity index (χ3v) is 3.67. The van der Waals surface area contributed by atoms with E-state index < -0.39 is 0 Å². The molecule has 88 valence electrons. The minimum Gasteiger partial charge on any atom is -0.310 e. The van der Waals surface area contributed by atoms with Crippen molar-refractivity contribution in [2.24, 2.45) is 5.92 Å². The van der Waals surface area contributed by atoms with Crippen LogP contribution in [0.3, 0.4) is 0 Å². The van der Waals surface area contributed by atoms with Gasteiger partial charge in [-0.25, -0.2) is 4.39 Å². The molecule has 2 heteroatoms. The molecular weight excluding hydrogens is 201 g/mol. The second-order valence-corrected chi connectivity index (χ2v) is 4.81. The van der Waals surface area contributed by atoms with Crippen molar-refractivity contribution in [3.63, 3.8) is 0 Å². The Morgan fingerprint density at radius 3 is 2.94 bits per heavy atom. The Morgan fingerprint density at radius 2 is 2.25 bits per heavy atom. The summed E-state index contributed by atoms with van der Waals surface area (Å²) in [5, 5.41) is 3.52. The topological polar surface area (TPSA) is 12.0 Å². The molecular formula is C14H20FN. The Kier molecular flexibility index (Phi) is 3.59. The third-order valence-electron chi connectivity index (χ3n) is 3.67. The Labute approximate surface area is 97.1 Å². The van der Waals surface area contributed by atoms with Gasteiger partial charge < -0.3 is 5.32 Å². The molecule has 2 unspecified atom stereocenters. The normalized spacial score (nSPS) is 25.7. The maximum atomic E-state index is 13.2. The van der Waals surface area contributed by atoms with Gasteiger partial charge in [0.05, 0.1) is 0 Å². The van der Waals surface area contributed by atoms with E-state index in [1.807, 2.05) is 19.1 Å². The molecule has 0 aliphatic carbocycles. The van der Waals surface area contributed by atoms with Crippen LogP contribution in [0.15, 0.2) is 18.2 Å². The van der Waals surface area contributed by atoms with Crippen molar-refractivity contribution in [2.45, 2.75) is 39.2 Å². The SMILES string of the molecule is CCC1CCNC(c2ccc(F)c(C)c2)C1. The minimum atomic E-state index is -0.105. The van der Waals surface area contributed by atoms with Crippen LogP contribution in [-0.4, -0.2) is 6.54 Å². The smallest absolute Gasteiger partial charge is 0.126 e. The van der Waals surface area contributed by atoms with Gasteiger partial charge in [-0.3, -0.25) is 0 Å². The lowest BCUT2D eigenvalue weighted by Crippen LogP contribution is -2.31. The lowest BCUT2D eigenvalue weighted by Gasteiger charge is -2.30. The van der Waals surface area contributed by atoms with Crippen LogP contribution in [0.25, 0.3) is 0 Å². The van der Waals surface area contributed by atoms with Crippen molar-refractivity contribution in [3.8, 4) is 0 Å². The molecule has 0 aromatic heterocycles. The predicted octanol–water partition coefficient (Wildman–Crippen LogP) is 3.58. The van der Waals surface area contributed by atoms with E-state index in [0.29, 0.717) is 6.04 Å². The molecule has 0 radical (unpaired) electrons. The van der Waals surface area contributed by atoms with E-state index in [1.54, 1.807) is 6.07 Å². The average molecular weight is 221 g/mol. The van der Waals surface area contributed by atoms with Gasteiger partial charge in [0.1, 0.15) is 5.82 Å². The molecule has 1 N–H and O–H groups in total. The van der Waals surface area contributed by atoms with Crippen LogP contribution in [0.2, 0.25) is 0 Å². The second-order valence-electron chi connectivity index (χ2n) is 4.81. The van der Waals surface area contributed by atoms with Gasteiger partial charge in [0, 0.05) is 6.04 Å². The highest BCUT2D eigenvalue weighted by Gasteiger charge is 2.21. The largest absolute Gasteiger partial charge is 0.310 e. The van der Waals surface area contributed by atoms with Crippen molar-refractivity contribution < 1.29 is 4.39 Å². The summed E-state index contributed by atoms with van der Waals surface area (Å²) in [7, 11) is 0. The van der Waals surface area contributed by atoms with Crippen molar-refractivity contribution in [1.29, 1.82) is 0 Å². The fraction of sp³-hybridized carbons (Fsp3) is 0.571. The van der Waals surface area contributed by atoms with Gasteiger partial charge in [-0.1, -0.05) is 25.5 Å². The van der Waals surface area contributed by atoms with E-state index in [-0.39, 0.29) is 5.82 Å². The second kappa shape index (κ2) is 4.96. The standard InChI is InChI=1S/C14H20FN/c1-3-11-6-7-16-14(9-11)12-4-5-13(15)10(2)8-12/h4-5,8,11,14,16H,3,6-7,9H2,1-2H3. The van der Waals surface area contributed by atoms with Crippen LogP contribution in [0.5, 0.6) is 0 Å². The maximum Gasteiger partial charge on any atom is 0.126 e. The molecule has 0 spiro atoms. The fourth-order valence-corrected chi connectivity index (χ4v) is 2.51. The number of rotatable bonds is 2. The van der Waals surface area contributed by atoms with E-state index in [2.05, 4.69) is 12.2 Å². The van der Waals surface area contributed by atoms with Crippen LogP contribution in [0.4, 0.5) is 4.39 Å². The number of aryl methyl sites for hydroxylation is 1. The van der Waals surface area contributed by atoms with Crippen LogP contribution in [-0.2, 0) is 0 Å². The maximum absolute atomic E-state index is 13.2. The number of hydrogen-bond donors (Lipinski definition) is 1. The zero-order chi connectivity index (χ0) is 11.5. The average Bonchev–Trinajstić information content (AvgIpc) is 2.33. The number of nitrogens with one attached hydrogen (secondary N) is 1. The van der Waals surface area contributed by atoms with Gasteiger partial charge in [-0.15, -0.1) is 0 Å². The molecule has 1 saturated heterocycles. The van der Waals surface area contributed by atoms with E-state index in [0.717, 1.165) is 18.0 Å². The van der Waals surface area contributed by atoms with Crippen molar-refractivity contribution in [1.82, 2.24) is 5.32 Å². The molecule has 0 bridgehead atoms. The summed E-state index contributed by atoms with van der Waals surface area (Å²) >= 11 is 0. The van der Waals surface area contributed by atoms with Crippen LogP contribution >= 0.6 is 0 Å². The quantitative estimate of drug-likeness (QED) is 0.804. The highest BCUT2D eigenvalue weighted by molar-refractivity contribution is 5.26. The van der Waals surface area contributed by atoms with Crippen LogP contribution in [0, 0.1) is 18.7 Å². The molecule has 1 nitrogen and oxygen atoms in total. The Hall–Kier alpha value is -0.890. The Bertz CT molecular complexity index is 362. The van der Waals surface area contributed by atoms with Crippen LogP contribution in [0.1, 0.15) is 43.4 Å². The van der Waals surface area contributed by atoms with E-state index in [1.165, 1.54) is 24.8 Å². The zero-order valence-corrected chi connectivity index (χ0v) is 10.1. The lowest BCUT2D eigenvalue weighted by atomic mass is 9.87. The van der Waals surface area contributed by atoms with Crippen molar-refractivity contribution >= 4 is 0 Å². The number of hydrogen-bond acceptors (Lipinski definition) is 1. The first-order chi connectivity index (χ1) is 7.70. The van der Waals surface area contributed by atoms with Crippen molar-refractivity contribution in [3.05, 3.63) is 35.1 Å². The van der Waals surface area contributed by atoms with Gasteiger partial charge in [0.25, 0.3) is 0 Å². The van der Waals surface area contributed by atoms with Crippen molar-refractivity contribution in [2.75, 3.05) is 6.54 Å². The molecule has 16 heavy (non-hydrogen) atoms. The van der Waals surface area contributed by atoms with Gasteiger partial charge in [-0.2, -0.15) is 0 Å². The monoisotopic (exact) mass is 221 g/mol. The molecule has 1 aliphatic heterocycles. The molecule has 1 heterocycles. The molecule has 1 aromatic carbocycles. The molecule has 2 atom stereocenters. The third kappa shape index (κ3) is 2.43. The number of benzene rings is 1. The summed E-state index contributed by atoms with van der Waals surface area (Å²) in [5.74, 6) is 0.711. The summed E-state index contributed by atoms with van der Waals surface area (Å²) in [6, 6.07) is 5.89.